The number of fused-ring (bicyclic) bond motifs is 1. The molecular weight excluding hydrogens is 388 g/mol. The van der Waals surface area contributed by atoms with E-state index in [1.807, 2.05) is 17.6 Å². The topological polar surface area (TPSA) is 114 Å². The van der Waals surface area contributed by atoms with Gasteiger partial charge in [0, 0.05) is 6.04 Å². The van der Waals surface area contributed by atoms with Crippen molar-refractivity contribution in [3.63, 3.8) is 0 Å². The third-order valence-corrected chi connectivity index (χ3v) is 5.90. The first kappa shape index (κ1) is 18.0. The average Bonchev–Trinajstić information content (AvgIpc) is 3.40. The van der Waals surface area contributed by atoms with Crippen LogP contribution in [0.25, 0.3) is 15.9 Å². The zero-order valence-corrected chi connectivity index (χ0v) is 16.4. The molecule has 0 atom stereocenters. The van der Waals surface area contributed by atoms with Crippen LogP contribution in [0.2, 0.25) is 0 Å². The summed E-state index contributed by atoms with van der Waals surface area (Å²) >= 11 is 1.62. The van der Waals surface area contributed by atoms with E-state index in [4.69, 9.17) is 4.98 Å². The van der Waals surface area contributed by atoms with Crippen LogP contribution < -0.4 is 10.6 Å². The normalized spacial score (nSPS) is 19.3. The van der Waals surface area contributed by atoms with Crippen LogP contribution in [-0.4, -0.2) is 47.0 Å². The Labute approximate surface area is 170 Å². The van der Waals surface area contributed by atoms with E-state index in [1.165, 1.54) is 6.33 Å². The Morgan fingerprint density at radius 3 is 2.72 bits per heavy atom. The van der Waals surface area contributed by atoms with E-state index in [-0.39, 0.29) is 6.10 Å². The number of rotatable bonds is 5. The largest absolute Gasteiger partial charge is 0.393 e. The number of hydrogen-bond acceptors (Lipinski definition) is 9. The zero-order valence-electron chi connectivity index (χ0n) is 15.6. The lowest BCUT2D eigenvalue weighted by Gasteiger charge is -2.26. The zero-order chi connectivity index (χ0) is 19.6. The van der Waals surface area contributed by atoms with Crippen molar-refractivity contribution >= 4 is 39.0 Å². The molecule has 10 heteroatoms. The molecule has 29 heavy (non-hydrogen) atoms. The van der Waals surface area contributed by atoms with Gasteiger partial charge in [0.1, 0.15) is 17.8 Å². The number of aromatic nitrogens is 6. The van der Waals surface area contributed by atoms with Crippen LogP contribution in [0.3, 0.4) is 0 Å². The molecule has 1 saturated carbocycles. The lowest BCUT2D eigenvalue weighted by atomic mass is 9.93. The Kier molecular flexibility index (Phi) is 4.78. The van der Waals surface area contributed by atoms with Crippen LogP contribution in [0.4, 0.5) is 17.5 Å². The molecule has 1 fully saturated rings. The van der Waals surface area contributed by atoms with Crippen molar-refractivity contribution in [2.75, 3.05) is 10.6 Å². The molecule has 148 valence electrons. The maximum atomic E-state index is 9.75. The highest BCUT2D eigenvalue weighted by molar-refractivity contribution is 7.17. The lowest BCUT2D eigenvalue weighted by molar-refractivity contribution is 0.126. The maximum Gasteiger partial charge on any atom is 0.229 e. The third-order valence-electron chi connectivity index (χ3n) is 4.99. The average molecular weight is 408 g/mol. The van der Waals surface area contributed by atoms with Gasteiger partial charge in [-0.15, -0.1) is 11.3 Å². The molecule has 1 aliphatic rings. The first-order valence-corrected chi connectivity index (χ1v) is 10.4. The molecule has 4 heterocycles. The number of aliphatic hydroxyl groups excluding tert-OH is 1. The summed E-state index contributed by atoms with van der Waals surface area (Å²) in [5.74, 6) is 1.34. The van der Waals surface area contributed by atoms with E-state index in [0.717, 1.165) is 53.1 Å². The van der Waals surface area contributed by atoms with Gasteiger partial charge in [0.25, 0.3) is 0 Å². The van der Waals surface area contributed by atoms with Crippen LogP contribution in [0.1, 0.15) is 25.7 Å². The van der Waals surface area contributed by atoms with Crippen LogP contribution in [0.15, 0.2) is 42.6 Å². The lowest BCUT2D eigenvalue weighted by Crippen LogP contribution is -2.28. The second-order valence-corrected chi connectivity index (χ2v) is 7.99. The fraction of sp³-hybridized carbons (Fsp3) is 0.316. The minimum absolute atomic E-state index is 0.177. The van der Waals surface area contributed by atoms with Crippen LogP contribution >= 0.6 is 11.3 Å². The summed E-state index contributed by atoms with van der Waals surface area (Å²) in [5.41, 5.74) is 2.45. The maximum absolute atomic E-state index is 9.75. The van der Waals surface area contributed by atoms with Gasteiger partial charge in [-0.2, -0.15) is 10.1 Å². The summed E-state index contributed by atoms with van der Waals surface area (Å²) in [6.07, 6.45) is 11.8. The Hall–Kier alpha value is -3.11. The van der Waals surface area contributed by atoms with Crippen molar-refractivity contribution < 1.29 is 5.11 Å². The van der Waals surface area contributed by atoms with Crippen molar-refractivity contribution in [1.82, 2.24) is 29.7 Å². The van der Waals surface area contributed by atoms with E-state index < -0.39 is 0 Å². The Balaban J connectivity index is 1.39. The molecule has 0 radical (unpaired) electrons. The van der Waals surface area contributed by atoms with Gasteiger partial charge in [0.2, 0.25) is 5.95 Å². The molecule has 4 aromatic rings. The number of hydrogen-bond donors (Lipinski definition) is 3. The second kappa shape index (κ2) is 7.72. The first-order chi connectivity index (χ1) is 14.2. The fourth-order valence-electron chi connectivity index (χ4n) is 3.50. The summed E-state index contributed by atoms with van der Waals surface area (Å²) in [4.78, 5) is 17.4. The molecule has 1 aliphatic carbocycles. The predicted molar refractivity (Wildman–Crippen MR) is 112 cm³/mol. The van der Waals surface area contributed by atoms with Crippen molar-refractivity contribution in [2.45, 2.75) is 37.8 Å². The van der Waals surface area contributed by atoms with Crippen molar-refractivity contribution in [1.29, 1.82) is 0 Å². The van der Waals surface area contributed by atoms with E-state index in [0.29, 0.717) is 12.0 Å². The monoisotopic (exact) mass is 408 g/mol. The molecule has 5 rings (SSSR count). The number of nitrogens with one attached hydrogen (secondary N) is 2. The molecule has 0 aromatic carbocycles. The number of anilines is 3. The van der Waals surface area contributed by atoms with Gasteiger partial charge in [0.05, 0.1) is 46.8 Å². The van der Waals surface area contributed by atoms with Gasteiger partial charge in [-0.25, -0.2) is 19.6 Å². The number of thiophene rings is 1. The van der Waals surface area contributed by atoms with E-state index in [9.17, 15) is 5.11 Å². The molecule has 9 nitrogen and oxygen atoms in total. The first-order valence-electron chi connectivity index (χ1n) is 9.51. The van der Waals surface area contributed by atoms with Gasteiger partial charge < -0.3 is 15.7 Å². The molecule has 0 unspecified atom stereocenters. The highest BCUT2D eigenvalue weighted by atomic mass is 32.1. The van der Waals surface area contributed by atoms with Gasteiger partial charge in [-0.1, -0.05) is 0 Å². The summed E-state index contributed by atoms with van der Waals surface area (Å²) in [6.45, 7) is 0. The molecule has 0 spiro atoms. The Morgan fingerprint density at radius 2 is 1.90 bits per heavy atom. The number of nitrogens with zero attached hydrogens (tertiary/aromatic N) is 6. The molecular formula is C19H20N8OS. The van der Waals surface area contributed by atoms with Crippen molar-refractivity contribution in [3.05, 3.63) is 42.6 Å². The fourth-order valence-corrected chi connectivity index (χ4v) is 4.28. The second-order valence-electron chi connectivity index (χ2n) is 7.08. The van der Waals surface area contributed by atoms with Gasteiger partial charge in [0.15, 0.2) is 0 Å². The molecule has 0 saturated heterocycles. The SMILES string of the molecule is O[C@H]1CC[C@H](Nc2nc(Nc3cnn(-c4cncnc4)c3)nc3ccsc23)CC1. The van der Waals surface area contributed by atoms with E-state index >= 15 is 0 Å². The highest BCUT2D eigenvalue weighted by Gasteiger charge is 2.21. The minimum Gasteiger partial charge on any atom is -0.393 e. The standard InChI is InChI=1S/C19H20N8OS/c28-15-3-1-12(2-4-15)23-18-17-16(5-6-29-17)25-19(26-18)24-13-7-22-27(10-13)14-8-20-11-21-9-14/h5-12,15,28H,1-4H2,(H2,23,24,25,26)/t12-,15-. The van der Waals surface area contributed by atoms with E-state index in [2.05, 4.69) is 30.7 Å². The van der Waals surface area contributed by atoms with Crippen molar-refractivity contribution in [3.8, 4) is 5.69 Å². The van der Waals surface area contributed by atoms with Gasteiger partial charge in [-0.3, -0.25) is 0 Å². The third kappa shape index (κ3) is 3.89. The van der Waals surface area contributed by atoms with Crippen molar-refractivity contribution in [2.24, 2.45) is 0 Å². The van der Waals surface area contributed by atoms with Gasteiger partial charge in [-0.05, 0) is 37.1 Å². The smallest absolute Gasteiger partial charge is 0.229 e. The Morgan fingerprint density at radius 1 is 1.07 bits per heavy atom. The predicted octanol–water partition coefficient (Wildman–Crippen LogP) is 3.13. The minimum atomic E-state index is -0.177. The van der Waals surface area contributed by atoms with Crippen LogP contribution in [-0.2, 0) is 0 Å². The van der Waals surface area contributed by atoms with Gasteiger partial charge >= 0.3 is 0 Å². The molecule has 4 aromatic heterocycles. The Bertz CT molecular complexity index is 1100. The summed E-state index contributed by atoms with van der Waals surface area (Å²) in [7, 11) is 0. The molecule has 3 N–H and O–H groups in total. The number of aliphatic hydroxyl groups is 1. The molecule has 0 amide bonds. The van der Waals surface area contributed by atoms with Crippen LogP contribution in [0, 0.1) is 0 Å². The molecule has 0 aliphatic heterocycles. The summed E-state index contributed by atoms with van der Waals surface area (Å²) in [5, 5.41) is 22.9. The quantitative estimate of drug-likeness (QED) is 0.462. The molecule has 0 bridgehead atoms. The summed E-state index contributed by atoms with van der Waals surface area (Å²) in [6, 6.07) is 2.31. The summed E-state index contributed by atoms with van der Waals surface area (Å²) < 4.78 is 2.73. The van der Waals surface area contributed by atoms with Crippen LogP contribution in [0.5, 0.6) is 0 Å². The highest BCUT2D eigenvalue weighted by Crippen LogP contribution is 2.30. The van der Waals surface area contributed by atoms with E-state index in [1.54, 1.807) is 34.6 Å².